The lowest BCUT2D eigenvalue weighted by Crippen LogP contribution is -2.06. The van der Waals surface area contributed by atoms with Crippen LogP contribution in [0.15, 0.2) is 30.3 Å². The van der Waals surface area contributed by atoms with Crippen LogP contribution in [-0.4, -0.2) is 5.49 Å². The van der Waals surface area contributed by atoms with Crippen LogP contribution in [0.2, 0.25) is 0 Å². The summed E-state index contributed by atoms with van der Waals surface area (Å²) in [5.41, 5.74) is 1.56. The zero-order valence-electron chi connectivity index (χ0n) is 6.99. The smallest absolute Gasteiger partial charge is 0.0617 e. The molecule has 0 unspecified atom stereocenters. The molecule has 0 saturated carbocycles. The first kappa shape index (κ1) is 8.66. The van der Waals surface area contributed by atoms with Crippen LogP contribution in [0.3, 0.4) is 0 Å². The van der Waals surface area contributed by atoms with E-state index in [-0.39, 0.29) is 0 Å². The predicted molar refractivity (Wildman–Crippen MR) is 62.3 cm³/mol. The topological polar surface area (TPSA) is 12.0 Å². The number of thiophene rings is 1. The van der Waals surface area contributed by atoms with Crippen LogP contribution in [0, 0.1) is 0 Å². The Bertz CT molecular complexity index is 387. The normalized spacial score (nSPS) is 10.2. The van der Waals surface area contributed by atoms with Gasteiger partial charge in [0.15, 0.2) is 0 Å². The largest absolute Gasteiger partial charge is 0.377 e. The monoisotopic (exact) mass is 207 g/mol. The summed E-state index contributed by atoms with van der Waals surface area (Å²) >= 11 is 6.51. The van der Waals surface area contributed by atoms with Crippen LogP contribution in [0.4, 0.5) is 0 Å². The Labute approximate surface area is 86.4 Å². The molecule has 0 spiro atoms. The third kappa shape index (κ3) is 1.87. The molecule has 2 aromatic rings. The van der Waals surface area contributed by atoms with Gasteiger partial charge in [0, 0.05) is 16.1 Å². The van der Waals surface area contributed by atoms with E-state index in [1.807, 2.05) is 11.3 Å². The molecule has 1 aromatic carbocycles. The number of nitrogens with one attached hydrogen (secondary N) is 1. The summed E-state index contributed by atoms with van der Waals surface area (Å²) in [4.78, 5) is 1.32. The van der Waals surface area contributed by atoms with Gasteiger partial charge in [0.1, 0.15) is 0 Å². The Kier molecular flexibility index (Phi) is 2.57. The number of thiocarbonyl (C=S) groups is 1. The second-order valence-electron chi connectivity index (χ2n) is 2.75. The molecule has 0 atom stereocenters. The van der Waals surface area contributed by atoms with Crippen LogP contribution >= 0.6 is 23.6 Å². The maximum Gasteiger partial charge on any atom is 0.0617 e. The van der Waals surface area contributed by atoms with Gasteiger partial charge < -0.3 is 5.32 Å². The highest BCUT2D eigenvalue weighted by Crippen LogP contribution is 2.24. The maximum atomic E-state index is 4.70. The third-order valence-corrected chi connectivity index (χ3v) is 3.12. The number of fused-ring (bicyclic) bond motifs is 1. The Morgan fingerprint density at radius 2 is 2.23 bits per heavy atom. The SMILES string of the molecule is S=CNCc1cc2ccccc2s1. The molecule has 1 aromatic heterocycles. The standard InChI is InChI=1S/C10H9NS2/c12-7-11-6-9-5-8-3-1-2-4-10(8)13-9/h1-5,7H,6H2,(H,11,12). The fraction of sp³-hybridized carbons (Fsp3) is 0.100. The lowest BCUT2D eigenvalue weighted by atomic mass is 10.2. The Morgan fingerprint density at radius 1 is 1.38 bits per heavy atom. The average Bonchev–Trinajstić information content (AvgIpc) is 2.57. The van der Waals surface area contributed by atoms with Gasteiger partial charge in [-0.25, -0.2) is 0 Å². The van der Waals surface area contributed by atoms with Crippen molar-refractivity contribution in [3.8, 4) is 0 Å². The molecule has 1 heterocycles. The lowest BCUT2D eigenvalue weighted by molar-refractivity contribution is 0.968. The third-order valence-electron chi connectivity index (χ3n) is 1.84. The zero-order valence-corrected chi connectivity index (χ0v) is 8.62. The molecular weight excluding hydrogens is 198 g/mol. The van der Waals surface area contributed by atoms with Crippen molar-refractivity contribution in [2.24, 2.45) is 0 Å². The zero-order chi connectivity index (χ0) is 9.10. The van der Waals surface area contributed by atoms with E-state index < -0.39 is 0 Å². The van der Waals surface area contributed by atoms with Crippen molar-refractivity contribution < 1.29 is 0 Å². The molecule has 0 aliphatic carbocycles. The first-order valence-electron chi connectivity index (χ1n) is 4.04. The maximum absolute atomic E-state index is 4.70. The summed E-state index contributed by atoms with van der Waals surface area (Å²) in [6, 6.07) is 10.6. The molecule has 0 saturated heterocycles. The Morgan fingerprint density at radius 3 is 3.00 bits per heavy atom. The minimum absolute atomic E-state index is 0.836. The molecule has 2 rings (SSSR count). The molecule has 0 fully saturated rings. The van der Waals surface area contributed by atoms with Crippen molar-refractivity contribution in [2.45, 2.75) is 6.54 Å². The van der Waals surface area contributed by atoms with E-state index in [1.165, 1.54) is 15.0 Å². The van der Waals surface area contributed by atoms with Crippen molar-refractivity contribution >= 4 is 39.1 Å². The molecule has 0 bridgehead atoms. The van der Waals surface area contributed by atoms with Crippen molar-refractivity contribution in [1.82, 2.24) is 5.32 Å². The summed E-state index contributed by atoms with van der Waals surface area (Å²) in [7, 11) is 0. The molecular formula is C10H9NS2. The lowest BCUT2D eigenvalue weighted by Gasteiger charge is -1.92. The molecule has 0 radical (unpaired) electrons. The van der Waals surface area contributed by atoms with Crippen molar-refractivity contribution in [3.63, 3.8) is 0 Å². The molecule has 1 N–H and O–H groups in total. The summed E-state index contributed by atoms with van der Waals surface area (Å²) in [5, 5.41) is 4.34. The van der Waals surface area contributed by atoms with Crippen molar-refractivity contribution in [3.05, 3.63) is 35.2 Å². The van der Waals surface area contributed by atoms with E-state index in [0.717, 1.165) is 6.54 Å². The highest BCUT2D eigenvalue weighted by molar-refractivity contribution is 7.78. The highest BCUT2D eigenvalue weighted by Gasteiger charge is 1.98. The quantitative estimate of drug-likeness (QED) is 0.777. The second-order valence-corrected chi connectivity index (χ2v) is 4.15. The number of hydrogen-bond donors (Lipinski definition) is 1. The molecule has 0 aliphatic rings. The molecule has 13 heavy (non-hydrogen) atoms. The Hall–Kier alpha value is -0.930. The van der Waals surface area contributed by atoms with Gasteiger partial charge in [0.25, 0.3) is 0 Å². The number of rotatable bonds is 3. The first-order chi connectivity index (χ1) is 6.40. The predicted octanol–water partition coefficient (Wildman–Crippen LogP) is 2.95. The van der Waals surface area contributed by atoms with Crippen molar-refractivity contribution in [2.75, 3.05) is 0 Å². The number of hydrogen-bond acceptors (Lipinski definition) is 2. The molecule has 3 heteroatoms. The van der Waals surface area contributed by atoms with Crippen LogP contribution < -0.4 is 5.32 Å². The van der Waals surface area contributed by atoms with Crippen molar-refractivity contribution in [1.29, 1.82) is 0 Å². The molecule has 0 aliphatic heterocycles. The highest BCUT2D eigenvalue weighted by atomic mass is 32.1. The molecule has 1 nitrogen and oxygen atoms in total. The van der Waals surface area contributed by atoms with E-state index in [0.29, 0.717) is 0 Å². The fourth-order valence-corrected chi connectivity index (χ4v) is 2.36. The van der Waals surface area contributed by atoms with E-state index in [4.69, 9.17) is 12.2 Å². The van der Waals surface area contributed by atoms with Crippen LogP contribution in [0.1, 0.15) is 4.88 Å². The minimum Gasteiger partial charge on any atom is -0.377 e. The summed E-state index contributed by atoms with van der Waals surface area (Å²) in [6.45, 7) is 0.836. The molecule has 0 amide bonds. The van der Waals surface area contributed by atoms with Crippen LogP contribution in [-0.2, 0) is 6.54 Å². The second kappa shape index (κ2) is 3.85. The first-order valence-corrected chi connectivity index (χ1v) is 5.33. The van der Waals surface area contributed by atoms with Crippen LogP contribution in [0.5, 0.6) is 0 Å². The van der Waals surface area contributed by atoms with E-state index in [2.05, 4.69) is 35.6 Å². The van der Waals surface area contributed by atoms with E-state index >= 15 is 0 Å². The minimum atomic E-state index is 0.836. The van der Waals surface area contributed by atoms with Gasteiger partial charge in [-0.1, -0.05) is 30.4 Å². The average molecular weight is 207 g/mol. The van der Waals surface area contributed by atoms with Crippen LogP contribution in [0.25, 0.3) is 10.1 Å². The number of benzene rings is 1. The summed E-state index contributed by atoms with van der Waals surface area (Å²) in [6.07, 6.45) is 0. The van der Waals surface area contributed by atoms with Gasteiger partial charge in [0.05, 0.1) is 5.49 Å². The van der Waals surface area contributed by atoms with Gasteiger partial charge in [-0.2, -0.15) is 0 Å². The van der Waals surface area contributed by atoms with Gasteiger partial charge in [-0.15, -0.1) is 11.3 Å². The van der Waals surface area contributed by atoms with Gasteiger partial charge in [-0.05, 0) is 17.5 Å². The fourth-order valence-electron chi connectivity index (χ4n) is 1.27. The Balaban J connectivity index is 2.32. The molecule has 66 valence electrons. The van der Waals surface area contributed by atoms with Gasteiger partial charge in [0.2, 0.25) is 0 Å². The van der Waals surface area contributed by atoms with E-state index in [1.54, 1.807) is 5.49 Å². The van der Waals surface area contributed by atoms with E-state index in [9.17, 15) is 0 Å². The summed E-state index contributed by atoms with van der Waals surface area (Å²) in [5.74, 6) is 0. The van der Waals surface area contributed by atoms with Gasteiger partial charge >= 0.3 is 0 Å². The summed E-state index contributed by atoms with van der Waals surface area (Å²) < 4.78 is 1.34. The van der Waals surface area contributed by atoms with Gasteiger partial charge in [-0.3, -0.25) is 0 Å².